The highest BCUT2D eigenvalue weighted by Gasteiger charge is 2.09. The molecule has 0 aliphatic rings. The first-order valence-corrected chi connectivity index (χ1v) is 6.45. The number of non-ortho nitro benzene ring substituents is 1. The fourth-order valence-corrected chi connectivity index (χ4v) is 1.92. The lowest BCUT2D eigenvalue weighted by atomic mass is 10.1. The van der Waals surface area contributed by atoms with Crippen LogP contribution < -0.4 is 10.6 Å². The molecule has 2 N–H and O–H groups in total. The van der Waals surface area contributed by atoms with Crippen LogP contribution in [0, 0.1) is 10.1 Å². The number of benzene rings is 2. The van der Waals surface area contributed by atoms with Crippen molar-refractivity contribution in [3.63, 3.8) is 0 Å². The number of nitro benzene ring substituents is 1. The lowest BCUT2D eigenvalue weighted by molar-refractivity contribution is -0.384. The fraction of sp³-hybridized carbons (Fsp3) is 0.200. The SMILES string of the molecule is CCc1ccc(Nc2cc(NC)cc([N+](=O)[O-])c2)cc1. The van der Waals surface area contributed by atoms with Crippen molar-refractivity contribution in [1.82, 2.24) is 0 Å². The molecule has 0 fully saturated rings. The summed E-state index contributed by atoms with van der Waals surface area (Å²) in [4.78, 5) is 10.5. The standard InChI is InChI=1S/C15H17N3O2/c1-3-11-4-6-12(7-5-11)17-14-8-13(16-2)9-15(10-14)18(19)20/h4-10,16-17H,3H2,1-2H3. The Labute approximate surface area is 117 Å². The minimum absolute atomic E-state index is 0.0597. The van der Waals surface area contributed by atoms with E-state index in [1.54, 1.807) is 7.05 Å². The molecule has 2 rings (SSSR count). The Morgan fingerprint density at radius 3 is 2.25 bits per heavy atom. The minimum atomic E-state index is -0.397. The monoisotopic (exact) mass is 271 g/mol. The number of nitro groups is 1. The van der Waals surface area contributed by atoms with Gasteiger partial charge in [-0.3, -0.25) is 10.1 Å². The first-order chi connectivity index (χ1) is 9.62. The van der Waals surface area contributed by atoms with Gasteiger partial charge in [-0.2, -0.15) is 0 Å². The second-order valence-electron chi connectivity index (χ2n) is 4.45. The van der Waals surface area contributed by atoms with Crippen molar-refractivity contribution in [3.05, 3.63) is 58.1 Å². The topological polar surface area (TPSA) is 67.2 Å². The molecule has 5 nitrogen and oxygen atoms in total. The van der Waals surface area contributed by atoms with E-state index < -0.39 is 4.92 Å². The maximum absolute atomic E-state index is 10.9. The number of anilines is 3. The molecule has 0 aliphatic heterocycles. The van der Waals surface area contributed by atoms with Gasteiger partial charge in [-0.05, 0) is 30.2 Å². The van der Waals surface area contributed by atoms with E-state index in [1.807, 2.05) is 30.3 Å². The molecular formula is C15H17N3O2. The zero-order valence-corrected chi connectivity index (χ0v) is 11.5. The molecule has 2 aromatic rings. The molecule has 0 saturated carbocycles. The van der Waals surface area contributed by atoms with Crippen LogP contribution in [0.5, 0.6) is 0 Å². The first kappa shape index (κ1) is 13.9. The zero-order valence-electron chi connectivity index (χ0n) is 11.5. The fourth-order valence-electron chi connectivity index (χ4n) is 1.92. The van der Waals surface area contributed by atoms with Gasteiger partial charge in [-0.1, -0.05) is 19.1 Å². The molecule has 0 aromatic heterocycles. The second-order valence-corrected chi connectivity index (χ2v) is 4.45. The molecule has 0 bridgehead atoms. The molecule has 0 amide bonds. The molecule has 20 heavy (non-hydrogen) atoms. The lowest BCUT2D eigenvalue weighted by Gasteiger charge is -2.09. The van der Waals surface area contributed by atoms with E-state index in [0.29, 0.717) is 11.4 Å². The van der Waals surface area contributed by atoms with Crippen LogP contribution in [0.15, 0.2) is 42.5 Å². The normalized spacial score (nSPS) is 10.1. The predicted molar refractivity (Wildman–Crippen MR) is 81.7 cm³/mol. The van der Waals surface area contributed by atoms with Gasteiger partial charge in [-0.25, -0.2) is 0 Å². The summed E-state index contributed by atoms with van der Waals surface area (Å²) in [5.41, 5.74) is 3.61. The summed E-state index contributed by atoms with van der Waals surface area (Å²) in [5.74, 6) is 0. The Kier molecular flexibility index (Phi) is 4.20. The van der Waals surface area contributed by atoms with Crippen LogP contribution >= 0.6 is 0 Å². The quantitative estimate of drug-likeness (QED) is 0.638. The van der Waals surface area contributed by atoms with Crippen molar-refractivity contribution in [1.29, 1.82) is 0 Å². The first-order valence-electron chi connectivity index (χ1n) is 6.45. The van der Waals surface area contributed by atoms with E-state index in [9.17, 15) is 10.1 Å². The van der Waals surface area contributed by atoms with Crippen molar-refractivity contribution in [3.8, 4) is 0 Å². The lowest BCUT2D eigenvalue weighted by Crippen LogP contribution is -1.96. The zero-order chi connectivity index (χ0) is 14.5. The molecule has 5 heteroatoms. The summed E-state index contributed by atoms with van der Waals surface area (Å²) < 4.78 is 0. The van der Waals surface area contributed by atoms with Gasteiger partial charge >= 0.3 is 0 Å². The van der Waals surface area contributed by atoms with Gasteiger partial charge in [0.15, 0.2) is 0 Å². The van der Waals surface area contributed by atoms with Crippen LogP contribution in [0.3, 0.4) is 0 Å². The van der Waals surface area contributed by atoms with Crippen molar-refractivity contribution in [2.75, 3.05) is 17.7 Å². The van der Waals surface area contributed by atoms with Gasteiger partial charge in [0.25, 0.3) is 5.69 Å². The highest BCUT2D eigenvalue weighted by atomic mass is 16.6. The molecule has 0 heterocycles. The van der Waals surface area contributed by atoms with Crippen LogP contribution in [0.4, 0.5) is 22.7 Å². The van der Waals surface area contributed by atoms with E-state index in [0.717, 1.165) is 12.1 Å². The number of aryl methyl sites for hydroxylation is 1. The van der Waals surface area contributed by atoms with Crippen LogP contribution in [-0.4, -0.2) is 12.0 Å². The van der Waals surface area contributed by atoms with Crippen molar-refractivity contribution >= 4 is 22.7 Å². The van der Waals surface area contributed by atoms with Crippen LogP contribution in [0.2, 0.25) is 0 Å². The molecule has 0 saturated heterocycles. The summed E-state index contributed by atoms with van der Waals surface area (Å²) in [6.07, 6.45) is 0.987. The molecule has 104 valence electrons. The third kappa shape index (κ3) is 3.26. The van der Waals surface area contributed by atoms with E-state index >= 15 is 0 Å². The molecule has 0 radical (unpaired) electrons. The molecule has 0 atom stereocenters. The molecular weight excluding hydrogens is 254 g/mol. The Morgan fingerprint density at radius 2 is 1.70 bits per heavy atom. The van der Waals surface area contributed by atoms with Gasteiger partial charge in [0.1, 0.15) is 0 Å². The molecule has 0 unspecified atom stereocenters. The van der Waals surface area contributed by atoms with E-state index in [-0.39, 0.29) is 5.69 Å². The smallest absolute Gasteiger partial charge is 0.273 e. The summed E-state index contributed by atoms with van der Waals surface area (Å²) in [5, 5.41) is 17.0. The number of nitrogens with zero attached hydrogens (tertiary/aromatic N) is 1. The number of hydrogen-bond donors (Lipinski definition) is 2. The number of rotatable bonds is 5. The maximum atomic E-state index is 10.9. The molecule has 0 spiro atoms. The average Bonchev–Trinajstić information content (AvgIpc) is 2.47. The maximum Gasteiger partial charge on any atom is 0.273 e. The second kappa shape index (κ2) is 6.06. The van der Waals surface area contributed by atoms with Crippen LogP contribution in [0.25, 0.3) is 0 Å². The van der Waals surface area contributed by atoms with Crippen molar-refractivity contribution < 1.29 is 4.92 Å². The predicted octanol–water partition coefficient (Wildman–Crippen LogP) is 3.94. The Morgan fingerprint density at radius 1 is 1.05 bits per heavy atom. The van der Waals surface area contributed by atoms with Crippen LogP contribution in [-0.2, 0) is 6.42 Å². The van der Waals surface area contributed by atoms with Crippen molar-refractivity contribution in [2.24, 2.45) is 0 Å². The van der Waals surface area contributed by atoms with Crippen LogP contribution in [0.1, 0.15) is 12.5 Å². The molecule has 0 aliphatic carbocycles. The van der Waals surface area contributed by atoms with Crippen molar-refractivity contribution in [2.45, 2.75) is 13.3 Å². The number of hydrogen-bond acceptors (Lipinski definition) is 4. The van der Waals surface area contributed by atoms with Gasteiger partial charge in [0, 0.05) is 36.2 Å². The Bertz CT molecular complexity index is 609. The Hall–Kier alpha value is -2.56. The third-order valence-corrected chi connectivity index (χ3v) is 3.07. The van der Waals surface area contributed by atoms with Gasteiger partial charge < -0.3 is 10.6 Å². The summed E-state index contributed by atoms with van der Waals surface area (Å²) >= 11 is 0. The Balaban J connectivity index is 2.27. The average molecular weight is 271 g/mol. The highest BCUT2D eigenvalue weighted by molar-refractivity contribution is 5.68. The largest absolute Gasteiger partial charge is 0.388 e. The number of nitrogens with one attached hydrogen (secondary N) is 2. The van der Waals surface area contributed by atoms with Gasteiger partial charge in [0.2, 0.25) is 0 Å². The van der Waals surface area contributed by atoms with Gasteiger partial charge in [0.05, 0.1) is 4.92 Å². The summed E-state index contributed by atoms with van der Waals surface area (Å²) in [6.45, 7) is 2.10. The summed E-state index contributed by atoms with van der Waals surface area (Å²) in [7, 11) is 1.74. The summed E-state index contributed by atoms with van der Waals surface area (Å²) in [6, 6.07) is 12.9. The van der Waals surface area contributed by atoms with E-state index in [1.165, 1.54) is 17.7 Å². The molecule has 2 aromatic carbocycles. The van der Waals surface area contributed by atoms with E-state index in [4.69, 9.17) is 0 Å². The van der Waals surface area contributed by atoms with Gasteiger partial charge in [-0.15, -0.1) is 0 Å². The third-order valence-electron chi connectivity index (χ3n) is 3.07. The highest BCUT2D eigenvalue weighted by Crippen LogP contribution is 2.26. The van der Waals surface area contributed by atoms with E-state index in [2.05, 4.69) is 17.6 Å². The minimum Gasteiger partial charge on any atom is -0.388 e.